The molecule has 1 heterocycles. The molecule has 0 spiro atoms. The van der Waals surface area contributed by atoms with E-state index in [1.54, 1.807) is 12.1 Å². The SMILES string of the molecule is CNCC(C)CNc1cccnc1[N+](=O)[O-]. The topological polar surface area (TPSA) is 80.1 Å². The predicted molar refractivity (Wildman–Crippen MR) is 62.5 cm³/mol. The molecule has 1 unspecified atom stereocenters. The van der Waals surface area contributed by atoms with Crippen LogP contribution in [0, 0.1) is 16.0 Å². The van der Waals surface area contributed by atoms with Crippen LogP contribution in [0.2, 0.25) is 0 Å². The first kappa shape index (κ1) is 12.4. The summed E-state index contributed by atoms with van der Waals surface area (Å²) in [7, 11) is 1.88. The second-order valence-corrected chi connectivity index (χ2v) is 3.68. The molecular weight excluding hydrogens is 208 g/mol. The van der Waals surface area contributed by atoms with E-state index in [1.807, 2.05) is 7.05 Å². The molecular formula is C10H16N4O2. The maximum atomic E-state index is 10.7. The molecule has 6 heteroatoms. The number of nitrogens with one attached hydrogen (secondary N) is 2. The Hall–Kier alpha value is -1.69. The number of nitro groups is 1. The van der Waals surface area contributed by atoms with Crippen LogP contribution in [0.15, 0.2) is 18.3 Å². The van der Waals surface area contributed by atoms with E-state index in [0.29, 0.717) is 18.2 Å². The van der Waals surface area contributed by atoms with Crippen molar-refractivity contribution >= 4 is 11.5 Å². The molecule has 0 bridgehead atoms. The van der Waals surface area contributed by atoms with Crippen molar-refractivity contribution in [1.82, 2.24) is 10.3 Å². The van der Waals surface area contributed by atoms with E-state index in [-0.39, 0.29) is 5.82 Å². The molecule has 0 aliphatic carbocycles. The number of rotatable bonds is 6. The van der Waals surface area contributed by atoms with Crippen LogP contribution >= 0.6 is 0 Å². The lowest BCUT2D eigenvalue weighted by molar-refractivity contribution is -0.388. The van der Waals surface area contributed by atoms with E-state index >= 15 is 0 Å². The summed E-state index contributed by atoms with van der Waals surface area (Å²) >= 11 is 0. The Labute approximate surface area is 94.2 Å². The summed E-state index contributed by atoms with van der Waals surface area (Å²) in [5, 5.41) is 16.8. The molecule has 0 fully saturated rings. The highest BCUT2D eigenvalue weighted by atomic mass is 16.6. The Bertz CT molecular complexity index is 356. The third kappa shape index (κ3) is 3.47. The fraction of sp³-hybridized carbons (Fsp3) is 0.500. The maximum Gasteiger partial charge on any atom is 0.386 e. The van der Waals surface area contributed by atoms with Gasteiger partial charge in [0, 0.05) is 6.54 Å². The highest BCUT2D eigenvalue weighted by Gasteiger charge is 2.13. The highest BCUT2D eigenvalue weighted by molar-refractivity contribution is 5.56. The molecule has 0 saturated carbocycles. The monoisotopic (exact) mass is 224 g/mol. The lowest BCUT2D eigenvalue weighted by Gasteiger charge is -2.12. The van der Waals surface area contributed by atoms with Crippen LogP contribution in [0.25, 0.3) is 0 Å². The Balaban J connectivity index is 2.63. The molecule has 6 nitrogen and oxygen atoms in total. The van der Waals surface area contributed by atoms with Crippen molar-refractivity contribution in [3.8, 4) is 0 Å². The molecule has 0 amide bonds. The molecule has 1 aromatic heterocycles. The summed E-state index contributed by atoms with van der Waals surface area (Å²) in [5.74, 6) is 0.268. The van der Waals surface area contributed by atoms with Gasteiger partial charge in [0.15, 0.2) is 0 Å². The molecule has 0 aliphatic rings. The predicted octanol–water partition coefficient (Wildman–Crippen LogP) is 1.26. The van der Waals surface area contributed by atoms with E-state index in [4.69, 9.17) is 0 Å². The zero-order chi connectivity index (χ0) is 12.0. The van der Waals surface area contributed by atoms with Crippen molar-refractivity contribution in [1.29, 1.82) is 0 Å². The van der Waals surface area contributed by atoms with Gasteiger partial charge < -0.3 is 20.7 Å². The Morgan fingerprint density at radius 1 is 1.56 bits per heavy atom. The molecule has 0 saturated heterocycles. The number of aromatic nitrogens is 1. The molecule has 0 aliphatic heterocycles. The van der Waals surface area contributed by atoms with Crippen LogP contribution in [0.4, 0.5) is 11.5 Å². The van der Waals surface area contributed by atoms with Crippen LogP contribution in [-0.4, -0.2) is 30.0 Å². The molecule has 0 aromatic carbocycles. The average Bonchev–Trinajstić information content (AvgIpc) is 2.27. The summed E-state index contributed by atoms with van der Waals surface area (Å²) in [6.45, 7) is 3.60. The van der Waals surface area contributed by atoms with E-state index < -0.39 is 4.92 Å². The standard InChI is InChI=1S/C10H16N4O2/c1-8(6-11-2)7-13-9-4-3-5-12-10(9)14(15)16/h3-5,8,11,13H,6-7H2,1-2H3. The molecule has 0 radical (unpaired) electrons. The lowest BCUT2D eigenvalue weighted by Crippen LogP contribution is -2.23. The third-order valence-corrected chi connectivity index (χ3v) is 2.15. The number of nitrogens with zero attached hydrogens (tertiary/aromatic N) is 2. The van der Waals surface area contributed by atoms with Crippen molar-refractivity contribution in [3.63, 3.8) is 0 Å². The van der Waals surface area contributed by atoms with E-state index in [2.05, 4.69) is 22.5 Å². The number of hydrogen-bond donors (Lipinski definition) is 2. The summed E-state index contributed by atoms with van der Waals surface area (Å²) in [4.78, 5) is 13.9. The first-order chi connectivity index (χ1) is 7.65. The van der Waals surface area contributed by atoms with Crippen molar-refractivity contribution in [2.45, 2.75) is 6.92 Å². The first-order valence-electron chi connectivity index (χ1n) is 5.13. The van der Waals surface area contributed by atoms with Gasteiger partial charge in [-0.15, -0.1) is 0 Å². The summed E-state index contributed by atoms with van der Waals surface area (Å²) in [6.07, 6.45) is 1.42. The second-order valence-electron chi connectivity index (χ2n) is 3.68. The summed E-state index contributed by atoms with van der Waals surface area (Å²) < 4.78 is 0. The van der Waals surface area contributed by atoms with Crippen LogP contribution in [-0.2, 0) is 0 Å². The zero-order valence-electron chi connectivity index (χ0n) is 9.43. The zero-order valence-corrected chi connectivity index (χ0v) is 9.43. The van der Waals surface area contributed by atoms with Gasteiger partial charge in [-0.05, 0) is 41.6 Å². The summed E-state index contributed by atoms with van der Waals surface area (Å²) in [5.41, 5.74) is 0.468. The highest BCUT2D eigenvalue weighted by Crippen LogP contribution is 2.19. The van der Waals surface area contributed by atoms with E-state index in [9.17, 15) is 10.1 Å². The van der Waals surface area contributed by atoms with Gasteiger partial charge in [-0.25, -0.2) is 0 Å². The first-order valence-corrected chi connectivity index (χ1v) is 5.13. The lowest BCUT2D eigenvalue weighted by atomic mass is 10.2. The van der Waals surface area contributed by atoms with E-state index in [1.165, 1.54) is 6.20 Å². The molecule has 2 N–H and O–H groups in total. The third-order valence-electron chi connectivity index (χ3n) is 2.15. The minimum Gasteiger partial charge on any atom is -0.378 e. The van der Waals surface area contributed by atoms with Crippen LogP contribution in [0.1, 0.15) is 6.92 Å². The van der Waals surface area contributed by atoms with Gasteiger partial charge in [0.2, 0.25) is 0 Å². The van der Waals surface area contributed by atoms with Gasteiger partial charge in [-0.2, -0.15) is 0 Å². The molecule has 88 valence electrons. The quantitative estimate of drug-likeness (QED) is 0.561. The number of pyridine rings is 1. The largest absolute Gasteiger partial charge is 0.386 e. The molecule has 16 heavy (non-hydrogen) atoms. The fourth-order valence-corrected chi connectivity index (χ4v) is 1.39. The minimum absolute atomic E-state index is 0.126. The normalized spacial score (nSPS) is 12.1. The smallest absolute Gasteiger partial charge is 0.378 e. The van der Waals surface area contributed by atoms with Crippen LogP contribution < -0.4 is 10.6 Å². The fourth-order valence-electron chi connectivity index (χ4n) is 1.39. The van der Waals surface area contributed by atoms with Crippen molar-refractivity contribution in [3.05, 3.63) is 28.4 Å². The molecule has 1 atom stereocenters. The van der Waals surface area contributed by atoms with E-state index in [0.717, 1.165) is 6.54 Å². The van der Waals surface area contributed by atoms with Crippen molar-refractivity contribution < 1.29 is 4.92 Å². The minimum atomic E-state index is -0.481. The van der Waals surface area contributed by atoms with Gasteiger partial charge >= 0.3 is 5.82 Å². The average molecular weight is 224 g/mol. The van der Waals surface area contributed by atoms with Gasteiger partial charge in [0.25, 0.3) is 0 Å². The van der Waals surface area contributed by atoms with Crippen LogP contribution in [0.3, 0.4) is 0 Å². The Kier molecular flexibility index (Phi) is 4.65. The van der Waals surface area contributed by atoms with Gasteiger partial charge in [-0.1, -0.05) is 6.92 Å². The van der Waals surface area contributed by atoms with Gasteiger partial charge in [0.05, 0.1) is 0 Å². The van der Waals surface area contributed by atoms with Crippen molar-refractivity contribution in [2.24, 2.45) is 5.92 Å². The molecule has 1 rings (SSSR count). The molecule has 1 aromatic rings. The van der Waals surface area contributed by atoms with Crippen molar-refractivity contribution in [2.75, 3.05) is 25.5 Å². The number of hydrogen-bond acceptors (Lipinski definition) is 5. The van der Waals surface area contributed by atoms with Gasteiger partial charge in [-0.3, -0.25) is 0 Å². The number of anilines is 1. The maximum absolute atomic E-state index is 10.7. The van der Waals surface area contributed by atoms with Crippen LogP contribution in [0.5, 0.6) is 0 Å². The Morgan fingerprint density at radius 3 is 2.94 bits per heavy atom. The summed E-state index contributed by atoms with van der Waals surface area (Å²) in [6, 6.07) is 3.34. The second kappa shape index (κ2) is 6.02. The van der Waals surface area contributed by atoms with Gasteiger partial charge in [0.1, 0.15) is 11.9 Å². The Morgan fingerprint density at radius 2 is 2.31 bits per heavy atom.